The third-order valence-corrected chi connectivity index (χ3v) is 7.89. The summed E-state index contributed by atoms with van der Waals surface area (Å²) in [4.78, 5) is 63.2. The van der Waals surface area contributed by atoms with E-state index in [0.717, 1.165) is 24.0 Å². The van der Waals surface area contributed by atoms with Crippen LogP contribution in [0.15, 0.2) is 42.7 Å². The molecule has 18 heteroatoms. The van der Waals surface area contributed by atoms with Crippen molar-refractivity contribution in [2.45, 2.75) is 76.3 Å². The Hall–Kier alpha value is -4.90. The van der Waals surface area contributed by atoms with E-state index in [1.807, 2.05) is 18.2 Å². The van der Waals surface area contributed by atoms with Crippen molar-refractivity contribution in [3.8, 4) is 0 Å². The second-order valence-electron chi connectivity index (χ2n) is 11.7. The monoisotopic (exact) mass is 720 g/mol. The Morgan fingerprint density at radius 1 is 0.920 bits per heavy atom. The van der Waals surface area contributed by atoms with E-state index in [9.17, 15) is 45.8 Å². The first-order valence-corrected chi connectivity index (χ1v) is 15.4. The average molecular weight is 721 g/mol. The predicted octanol–water partition coefficient (Wildman–Crippen LogP) is 5.23. The minimum absolute atomic E-state index is 0.117. The van der Waals surface area contributed by atoms with E-state index in [0.29, 0.717) is 36.8 Å². The maximum absolute atomic E-state index is 13.3. The number of nitrogens with one attached hydrogen (secondary N) is 1. The van der Waals surface area contributed by atoms with Crippen molar-refractivity contribution in [1.29, 1.82) is 0 Å². The van der Waals surface area contributed by atoms with Crippen molar-refractivity contribution < 1.29 is 65.6 Å². The number of pyridine rings is 1. The van der Waals surface area contributed by atoms with Gasteiger partial charge >= 0.3 is 30.3 Å². The molecule has 2 aromatic rings. The number of nitrogens with zero attached hydrogens (tertiary/aromatic N) is 3. The quantitative estimate of drug-likeness (QED) is 0.251. The first-order valence-electron chi connectivity index (χ1n) is 15.4. The summed E-state index contributed by atoms with van der Waals surface area (Å²) in [5, 5.41) is 26.8. The van der Waals surface area contributed by atoms with Crippen LogP contribution in [-0.2, 0) is 32.1 Å². The number of carbonyl (C=O) groups is 5. The Morgan fingerprint density at radius 3 is 2.00 bits per heavy atom. The summed E-state index contributed by atoms with van der Waals surface area (Å²) in [6.45, 7) is 1.60. The van der Waals surface area contributed by atoms with E-state index in [4.69, 9.17) is 19.8 Å². The smallest absolute Gasteiger partial charge is 0.481 e. The van der Waals surface area contributed by atoms with Crippen molar-refractivity contribution in [1.82, 2.24) is 14.8 Å². The SMILES string of the molecule is CN(CCc1ccncc1)C(=O)c1ccc2c(c1)N[C@H](CC(=O)O)C(=O)N(CCC1CCCCC1)C2.O=C(O)C(F)(F)F.O=C(O)C(F)(F)F. The molecule has 1 aliphatic carbocycles. The van der Waals surface area contributed by atoms with Crippen molar-refractivity contribution in [2.24, 2.45) is 5.92 Å². The maximum Gasteiger partial charge on any atom is 0.490 e. The summed E-state index contributed by atoms with van der Waals surface area (Å²) in [7, 11) is 1.77. The lowest BCUT2D eigenvalue weighted by atomic mass is 9.87. The highest BCUT2D eigenvalue weighted by atomic mass is 19.4. The number of likely N-dealkylation sites (N-methyl/N-ethyl adjacent to an activating group) is 1. The number of fused-ring (bicyclic) bond motifs is 1. The second-order valence-corrected chi connectivity index (χ2v) is 11.7. The van der Waals surface area contributed by atoms with Crippen LogP contribution in [0.1, 0.15) is 66.4 Å². The van der Waals surface area contributed by atoms with Crippen LogP contribution in [0, 0.1) is 5.92 Å². The van der Waals surface area contributed by atoms with E-state index in [2.05, 4.69) is 10.3 Å². The Bertz CT molecular complexity index is 1440. The van der Waals surface area contributed by atoms with Crippen molar-refractivity contribution in [3.63, 3.8) is 0 Å². The Kier molecular flexibility index (Phi) is 15.5. The second kappa shape index (κ2) is 18.7. The van der Waals surface area contributed by atoms with Crippen LogP contribution in [0.5, 0.6) is 0 Å². The van der Waals surface area contributed by atoms with Crippen LogP contribution in [0.4, 0.5) is 32.0 Å². The third kappa shape index (κ3) is 13.9. The molecule has 0 unspecified atom stereocenters. The molecule has 1 fully saturated rings. The molecular formula is C32H38F6N4O8. The number of hydrogen-bond donors (Lipinski definition) is 4. The van der Waals surface area contributed by atoms with Crippen LogP contribution in [0.2, 0.25) is 0 Å². The highest BCUT2D eigenvalue weighted by Gasteiger charge is 2.39. The molecule has 0 bridgehead atoms. The number of benzene rings is 1. The number of alkyl halides is 6. The molecule has 2 amide bonds. The Balaban J connectivity index is 0.000000521. The van der Waals surface area contributed by atoms with Crippen molar-refractivity contribution >= 4 is 35.4 Å². The maximum atomic E-state index is 13.3. The number of anilines is 1. The first kappa shape index (κ1) is 41.3. The van der Waals surface area contributed by atoms with Gasteiger partial charge in [-0.15, -0.1) is 0 Å². The number of carbonyl (C=O) groups excluding carboxylic acids is 2. The molecule has 2 heterocycles. The van der Waals surface area contributed by atoms with E-state index >= 15 is 0 Å². The van der Waals surface area contributed by atoms with Gasteiger partial charge in [0.1, 0.15) is 6.04 Å². The van der Waals surface area contributed by atoms with Crippen molar-refractivity contribution in [3.05, 3.63) is 59.4 Å². The summed E-state index contributed by atoms with van der Waals surface area (Å²) < 4.78 is 63.5. The largest absolute Gasteiger partial charge is 0.490 e. The zero-order chi connectivity index (χ0) is 37.6. The van der Waals surface area contributed by atoms with Gasteiger partial charge in [-0.3, -0.25) is 19.4 Å². The van der Waals surface area contributed by atoms with Gasteiger partial charge in [0.25, 0.3) is 5.91 Å². The standard InChI is InChI=1S/C28H36N4O4.2C2HF3O2/c1-31(15-11-21-9-13-29-14-10-21)27(35)22-7-8-23-19-32(16-12-20-5-3-2-4-6-20)28(36)25(18-26(33)34)30-24(23)17-22;2*3-2(4,5)1(6)7/h7-10,13-14,17,20,25,30H,2-6,11-12,15-16,18-19H2,1H3,(H,33,34);2*(H,6,7)/t25-;;/m1../s1. The number of carboxylic acid groups (broad SMARTS) is 3. The fourth-order valence-corrected chi connectivity index (χ4v) is 5.22. The van der Waals surface area contributed by atoms with E-state index in [1.54, 1.807) is 41.4 Å². The van der Waals surface area contributed by atoms with E-state index in [-0.39, 0.29) is 18.2 Å². The van der Waals surface area contributed by atoms with Gasteiger partial charge in [-0.1, -0.05) is 38.2 Å². The van der Waals surface area contributed by atoms with Gasteiger partial charge in [-0.25, -0.2) is 9.59 Å². The number of rotatable bonds is 9. The molecule has 1 aliphatic heterocycles. The molecular weight excluding hydrogens is 682 g/mol. The highest BCUT2D eigenvalue weighted by molar-refractivity contribution is 5.96. The van der Waals surface area contributed by atoms with Crippen molar-refractivity contribution in [2.75, 3.05) is 25.5 Å². The molecule has 1 aromatic carbocycles. The predicted molar refractivity (Wildman–Crippen MR) is 165 cm³/mol. The molecule has 0 saturated heterocycles. The van der Waals surface area contributed by atoms with Gasteiger partial charge in [-0.05, 0) is 54.2 Å². The molecule has 50 heavy (non-hydrogen) atoms. The van der Waals surface area contributed by atoms with Gasteiger partial charge in [0.05, 0.1) is 6.42 Å². The van der Waals surface area contributed by atoms with Gasteiger partial charge in [-0.2, -0.15) is 26.3 Å². The number of carboxylic acids is 3. The minimum atomic E-state index is -5.08. The number of aliphatic carboxylic acids is 3. The number of amides is 2. The number of hydrogen-bond acceptors (Lipinski definition) is 7. The Labute approximate surface area is 283 Å². The highest BCUT2D eigenvalue weighted by Crippen LogP contribution is 2.29. The lowest BCUT2D eigenvalue weighted by Crippen LogP contribution is -2.42. The van der Waals surface area contributed by atoms with Crippen LogP contribution < -0.4 is 5.32 Å². The average Bonchev–Trinajstić information content (AvgIpc) is 3.17. The summed E-state index contributed by atoms with van der Waals surface area (Å²) in [5.74, 6) is -6.22. The first-order chi connectivity index (χ1) is 23.3. The molecule has 1 saturated carbocycles. The fraction of sp³-hybridized carbons (Fsp3) is 0.500. The van der Waals surface area contributed by atoms with Gasteiger partial charge < -0.3 is 30.4 Å². The zero-order valence-electron chi connectivity index (χ0n) is 27.0. The molecule has 0 radical (unpaired) electrons. The molecule has 4 N–H and O–H groups in total. The lowest BCUT2D eigenvalue weighted by molar-refractivity contribution is -0.193. The van der Waals surface area contributed by atoms with Gasteiger partial charge in [0.2, 0.25) is 5.91 Å². The summed E-state index contributed by atoms with van der Waals surface area (Å²) in [5.41, 5.74) is 3.17. The number of aromatic nitrogens is 1. The normalized spacial score (nSPS) is 16.3. The van der Waals surface area contributed by atoms with Gasteiger partial charge in [0, 0.05) is 50.3 Å². The minimum Gasteiger partial charge on any atom is -0.481 e. The van der Waals surface area contributed by atoms with Crippen LogP contribution in [0.25, 0.3) is 0 Å². The third-order valence-electron chi connectivity index (χ3n) is 7.89. The molecule has 2 aliphatic rings. The molecule has 0 spiro atoms. The van der Waals surface area contributed by atoms with Crippen LogP contribution >= 0.6 is 0 Å². The fourth-order valence-electron chi connectivity index (χ4n) is 5.22. The molecule has 4 rings (SSSR count). The molecule has 12 nitrogen and oxygen atoms in total. The molecule has 1 atom stereocenters. The van der Waals surface area contributed by atoms with Gasteiger partial charge in [0.15, 0.2) is 0 Å². The van der Waals surface area contributed by atoms with Crippen LogP contribution in [0.3, 0.4) is 0 Å². The molecule has 276 valence electrons. The van der Waals surface area contributed by atoms with E-state index < -0.39 is 36.3 Å². The summed E-state index contributed by atoms with van der Waals surface area (Å²) >= 11 is 0. The van der Waals surface area contributed by atoms with E-state index in [1.165, 1.54) is 32.1 Å². The van der Waals surface area contributed by atoms with Crippen LogP contribution in [-0.4, -0.2) is 98.4 Å². The summed E-state index contributed by atoms with van der Waals surface area (Å²) in [6, 6.07) is 8.45. The summed E-state index contributed by atoms with van der Waals surface area (Å²) in [6.07, 6.45) is 0.866. The number of halogens is 6. The molecule has 1 aromatic heterocycles. The topological polar surface area (TPSA) is 177 Å². The Morgan fingerprint density at radius 2 is 1.48 bits per heavy atom. The zero-order valence-corrected chi connectivity index (χ0v) is 27.0. The lowest BCUT2D eigenvalue weighted by Gasteiger charge is -2.27.